The number of hydrogen-bond acceptors (Lipinski definition) is 5. The molecular formula is C19H17ClN4O5. The van der Waals surface area contributed by atoms with E-state index in [2.05, 4.69) is 15.4 Å². The van der Waals surface area contributed by atoms with E-state index in [1.54, 1.807) is 36.4 Å². The van der Waals surface area contributed by atoms with E-state index in [0.29, 0.717) is 22.2 Å². The number of carboxylic acids is 1. The van der Waals surface area contributed by atoms with Crippen LogP contribution in [0.15, 0.2) is 53.5 Å². The molecule has 0 aliphatic heterocycles. The van der Waals surface area contributed by atoms with E-state index in [1.807, 2.05) is 0 Å². The summed E-state index contributed by atoms with van der Waals surface area (Å²) in [6, 6.07) is 10.00. The van der Waals surface area contributed by atoms with Crippen LogP contribution in [0.4, 0.5) is 0 Å². The lowest BCUT2D eigenvalue weighted by molar-refractivity contribution is -0.137. The lowest BCUT2D eigenvalue weighted by Crippen LogP contribution is -2.30. The molecule has 2 heterocycles. The molecule has 0 aliphatic carbocycles. The maximum Gasteiger partial charge on any atom is 0.305 e. The summed E-state index contributed by atoms with van der Waals surface area (Å²) < 4.78 is 6.15. The number of aromatic nitrogens is 3. The number of ether oxygens (including phenoxy) is 1. The van der Waals surface area contributed by atoms with Gasteiger partial charge in [0.05, 0.1) is 25.3 Å². The van der Waals surface area contributed by atoms with Crippen molar-refractivity contribution >= 4 is 23.5 Å². The minimum Gasteiger partial charge on any atom is -0.481 e. The van der Waals surface area contributed by atoms with Crippen LogP contribution in [0.25, 0.3) is 5.69 Å². The molecule has 3 rings (SSSR count). The highest BCUT2D eigenvalue weighted by Gasteiger charge is 2.21. The fraction of sp³-hybridized carbons (Fsp3) is 0.158. The van der Waals surface area contributed by atoms with E-state index in [1.165, 1.54) is 18.0 Å². The molecule has 0 unspecified atom stereocenters. The first-order chi connectivity index (χ1) is 13.9. The normalized spacial score (nSPS) is 11.7. The summed E-state index contributed by atoms with van der Waals surface area (Å²) in [7, 11) is 1.46. The van der Waals surface area contributed by atoms with Crippen molar-refractivity contribution in [2.75, 3.05) is 7.11 Å². The summed E-state index contributed by atoms with van der Waals surface area (Å²) in [6.45, 7) is 0. The van der Waals surface area contributed by atoms with Gasteiger partial charge in [-0.15, -0.1) is 0 Å². The second-order valence-corrected chi connectivity index (χ2v) is 6.52. The molecule has 0 fully saturated rings. The van der Waals surface area contributed by atoms with Crippen LogP contribution < -0.4 is 15.6 Å². The summed E-state index contributed by atoms with van der Waals surface area (Å²) in [5.41, 5.74) is 0.464. The van der Waals surface area contributed by atoms with Crippen LogP contribution >= 0.6 is 11.6 Å². The van der Waals surface area contributed by atoms with E-state index >= 15 is 0 Å². The van der Waals surface area contributed by atoms with E-state index < -0.39 is 23.5 Å². The number of amides is 1. The zero-order valence-corrected chi connectivity index (χ0v) is 16.0. The van der Waals surface area contributed by atoms with Crippen LogP contribution in [-0.2, 0) is 4.79 Å². The molecule has 0 aliphatic rings. The summed E-state index contributed by atoms with van der Waals surface area (Å²) in [6.07, 6.45) is 1.06. The predicted molar refractivity (Wildman–Crippen MR) is 105 cm³/mol. The Morgan fingerprint density at radius 2 is 2.10 bits per heavy atom. The van der Waals surface area contributed by atoms with Gasteiger partial charge in [-0.3, -0.25) is 19.5 Å². The molecule has 1 amide bonds. The number of carboxylic acid groups (broad SMARTS) is 1. The number of carbonyl (C=O) groups is 2. The molecule has 0 saturated carbocycles. The van der Waals surface area contributed by atoms with Crippen molar-refractivity contribution in [1.29, 1.82) is 0 Å². The first kappa shape index (κ1) is 20.2. The zero-order chi connectivity index (χ0) is 21.0. The number of nitrogens with one attached hydrogen (secondary N) is 2. The number of hydrogen-bond donors (Lipinski definition) is 3. The van der Waals surface area contributed by atoms with Crippen molar-refractivity contribution < 1.29 is 19.4 Å². The van der Waals surface area contributed by atoms with Gasteiger partial charge in [0.25, 0.3) is 11.5 Å². The SMILES string of the molecule is COc1ccc([C@H](CC(=O)O)NC(=O)c2cc(=O)n(-c3cccc(Cl)c3)[nH]2)cn1. The van der Waals surface area contributed by atoms with Crippen LogP contribution in [0.2, 0.25) is 5.02 Å². The second kappa shape index (κ2) is 8.61. The summed E-state index contributed by atoms with van der Waals surface area (Å²) in [5.74, 6) is -1.38. The fourth-order valence-electron chi connectivity index (χ4n) is 2.70. The molecule has 3 N–H and O–H groups in total. The van der Waals surface area contributed by atoms with Gasteiger partial charge in [-0.25, -0.2) is 9.67 Å². The number of H-pyrrole nitrogens is 1. The highest BCUT2D eigenvalue weighted by atomic mass is 35.5. The van der Waals surface area contributed by atoms with Crippen molar-refractivity contribution in [1.82, 2.24) is 20.1 Å². The van der Waals surface area contributed by atoms with Gasteiger partial charge in [0, 0.05) is 23.4 Å². The molecule has 10 heteroatoms. The lowest BCUT2D eigenvalue weighted by Gasteiger charge is -2.17. The third-order valence-electron chi connectivity index (χ3n) is 4.09. The topological polar surface area (TPSA) is 126 Å². The highest BCUT2D eigenvalue weighted by molar-refractivity contribution is 6.30. The first-order valence-corrected chi connectivity index (χ1v) is 8.86. The minimum absolute atomic E-state index is 0.0214. The number of carbonyl (C=O) groups excluding carboxylic acids is 1. The Morgan fingerprint density at radius 1 is 1.31 bits per heavy atom. The smallest absolute Gasteiger partial charge is 0.305 e. The Kier molecular flexibility index (Phi) is 5.99. The molecule has 0 bridgehead atoms. The average Bonchev–Trinajstić information content (AvgIpc) is 3.09. The van der Waals surface area contributed by atoms with Gasteiger partial charge in [0.15, 0.2) is 0 Å². The monoisotopic (exact) mass is 416 g/mol. The van der Waals surface area contributed by atoms with Crippen LogP contribution in [0.5, 0.6) is 5.88 Å². The lowest BCUT2D eigenvalue weighted by atomic mass is 10.1. The number of halogens is 1. The van der Waals surface area contributed by atoms with Crippen molar-refractivity contribution in [2.45, 2.75) is 12.5 Å². The number of aromatic amines is 1. The Morgan fingerprint density at radius 3 is 2.72 bits per heavy atom. The van der Waals surface area contributed by atoms with Crippen LogP contribution in [0.1, 0.15) is 28.5 Å². The third kappa shape index (κ3) is 4.82. The van der Waals surface area contributed by atoms with E-state index in [0.717, 1.165) is 6.07 Å². The van der Waals surface area contributed by atoms with Gasteiger partial charge in [-0.05, 0) is 23.8 Å². The number of aliphatic carboxylic acids is 1. The van der Waals surface area contributed by atoms with Crippen molar-refractivity contribution in [3.05, 3.63) is 75.3 Å². The predicted octanol–water partition coefficient (Wildman–Crippen LogP) is 2.17. The quantitative estimate of drug-likeness (QED) is 0.541. The van der Waals surface area contributed by atoms with E-state index in [9.17, 15) is 19.5 Å². The highest BCUT2D eigenvalue weighted by Crippen LogP contribution is 2.19. The number of methoxy groups -OCH3 is 1. The van der Waals surface area contributed by atoms with Gasteiger partial charge in [-0.1, -0.05) is 23.7 Å². The Balaban J connectivity index is 1.85. The molecule has 0 saturated heterocycles. The summed E-state index contributed by atoms with van der Waals surface area (Å²) in [4.78, 5) is 40.1. The van der Waals surface area contributed by atoms with Gasteiger partial charge in [0.1, 0.15) is 5.69 Å². The van der Waals surface area contributed by atoms with Crippen molar-refractivity contribution in [3.63, 3.8) is 0 Å². The van der Waals surface area contributed by atoms with Gasteiger partial charge in [-0.2, -0.15) is 0 Å². The van der Waals surface area contributed by atoms with Crippen molar-refractivity contribution in [2.24, 2.45) is 0 Å². The van der Waals surface area contributed by atoms with Gasteiger partial charge >= 0.3 is 5.97 Å². The zero-order valence-electron chi connectivity index (χ0n) is 15.3. The number of nitrogens with zero attached hydrogens (tertiary/aromatic N) is 2. The maximum atomic E-state index is 12.6. The molecule has 1 aromatic carbocycles. The number of rotatable bonds is 7. The number of benzene rings is 1. The molecule has 1 atom stereocenters. The summed E-state index contributed by atoms with van der Waals surface area (Å²) in [5, 5.41) is 14.9. The standard InChI is InChI=1S/C19H17ClN4O5/c1-29-16-6-5-11(10-21-16)14(9-18(26)27)22-19(28)15-8-17(25)24(23-15)13-4-2-3-12(20)7-13/h2-8,10,14,23H,9H2,1H3,(H,22,28)(H,26,27)/t14-/m0/s1. The molecule has 9 nitrogen and oxygen atoms in total. The van der Waals surface area contributed by atoms with Crippen LogP contribution in [0.3, 0.4) is 0 Å². The number of pyridine rings is 1. The maximum absolute atomic E-state index is 12.6. The molecule has 3 aromatic rings. The Hall–Kier alpha value is -3.59. The van der Waals surface area contributed by atoms with Crippen LogP contribution in [0, 0.1) is 0 Å². The Labute approximate surface area is 169 Å². The molecular weight excluding hydrogens is 400 g/mol. The molecule has 29 heavy (non-hydrogen) atoms. The molecule has 2 aromatic heterocycles. The van der Waals surface area contributed by atoms with Crippen molar-refractivity contribution in [3.8, 4) is 11.6 Å². The molecule has 0 spiro atoms. The largest absolute Gasteiger partial charge is 0.481 e. The summed E-state index contributed by atoms with van der Waals surface area (Å²) >= 11 is 5.94. The Bertz CT molecular complexity index is 1090. The second-order valence-electron chi connectivity index (χ2n) is 6.08. The average molecular weight is 417 g/mol. The van der Waals surface area contributed by atoms with Crippen LogP contribution in [-0.4, -0.2) is 38.9 Å². The molecule has 150 valence electrons. The minimum atomic E-state index is -1.10. The van der Waals surface area contributed by atoms with E-state index in [4.69, 9.17) is 16.3 Å². The fourth-order valence-corrected chi connectivity index (χ4v) is 2.89. The van der Waals surface area contributed by atoms with E-state index in [-0.39, 0.29) is 12.1 Å². The van der Waals surface area contributed by atoms with Gasteiger partial charge < -0.3 is 15.2 Å². The van der Waals surface area contributed by atoms with Gasteiger partial charge in [0.2, 0.25) is 5.88 Å². The third-order valence-corrected chi connectivity index (χ3v) is 4.32. The first-order valence-electron chi connectivity index (χ1n) is 8.48. The molecule has 0 radical (unpaired) electrons.